The summed E-state index contributed by atoms with van der Waals surface area (Å²) >= 11 is 0. The fraction of sp³-hybridized carbons (Fsp3) is 0.116. The largest absolute Gasteiger partial charge is 0.416 e. The predicted molar refractivity (Wildman–Crippen MR) is 195 cm³/mol. The SMILES string of the molecule is [C-]#[N+]c1cc(-n2c3cccc(C)c3c3c(C)cccc32)c(-c2ccc(C(F)(F)F)cc2C#N)cc1-n1c2cccc(C)c2c2c(C)cccc21. The van der Waals surface area contributed by atoms with Crippen molar-refractivity contribution in [1.29, 1.82) is 5.26 Å². The second-order valence-corrected chi connectivity index (χ2v) is 12.9. The second kappa shape index (κ2) is 11.1. The van der Waals surface area contributed by atoms with Crippen molar-refractivity contribution in [1.82, 2.24) is 9.13 Å². The summed E-state index contributed by atoms with van der Waals surface area (Å²) in [6.45, 7) is 16.7. The zero-order valence-corrected chi connectivity index (χ0v) is 27.7. The number of benzene rings is 6. The number of halogens is 3. The van der Waals surface area contributed by atoms with E-state index < -0.39 is 11.7 Å². The highest BCUT2D eigenvalue weighted by Gasteiger charge is 2.32. The molecule has 8 aromatic rings. The van der Waals surface area contributed by atoms with Gasteiger partial charge in [0.25, 0.3) is 0 Å². The van der Waals surface area contributed by atoms with E-state index in [4.69, 9.17) is 6.57 Å². The van der Waals surface area contributed by atoms with Crippen LogP contribution in [0.1, 0.15) is 33.4 Å². The molecule has 0 saturated carbocycles. The van der Waals surface area contributed by atoms with Gasteiger partial charge in [-0.3, -0.25) is 0 Å². The third-order valence-corrected chi connectivity index (χ3v) is 9.92. The van der Waals surface area contributed by atoms with Gasteiger partial charge in [0.05, 0.1) is 51.5 Å². The van der Waals surface area contributed by atoms with Gasteiger partial charge in [-0.1, -0.05) is 54.6 Å². The average Bonchev–Trinajstić information content (AvgIpc) is 3.63. The van der Waals surface area contributed by atoms with Crippen LogP contribution in [0.3, 0.4) is 0 Å². The van der Waals surface area contributed by atoms with Crippen molar-refractivity contribution in [2.75, 3.05) is 0 Å². The summed E-state index contributed by atoms with van der Waals surface area (Å²) in [5.41, 5.74) is 9.37. The molecule has 7 heteroatoms. The molecule has 50 heavy (non-hydrogen) atoms. The molecule has 0 fully saturated rings. The Balaban J connectivity index is 1.57. The van der Waals surface area contributed by atoms with E-state index in [1.807, 2.05) is 60.7 Å². The van der Waals surface area contributed by atoms with E-state index >= 15 is 0 Å². The summed E-state index contributed by atoms with van der Waals surface area (Å²) in [5.74, 6) is 0. The molecular formula is C43H29F3N4. The van der Waals surface area contributed by atoms with E-state index in [1.165, 1.54) is 6.07 Å². The molecule has 0 saturated heterocycles. The number of alkyl halides is 3. The lowest BCUT2D eigenvalue weighted by molar-refractivity contribution is -0.137. The molecule has 0 aliphatic heterocycles. The third kappa shape index (κ3) is 4.44. The van der Waals surface area contributed by atoms with Crippen LogP contribution in [-0.2, 0) is 6.18 Å². The van der Waals surface area contributed by atoms with E-state index in [9.17, 15) is 18.4 Å². The molecule has 0 N–H and O–H groups in total. The molecule has 0 aliphatic rings. The minimum absolute atomic E-state index is 0.107. The molecule has 8 rings (SSSR count). The Morgan fingerprint density at radius 2 is 1.02 bits per heavy atom. The van der Waals surface area contributed by atoms with Gasteiger partial charge in [-0.25, -0.2) is 4.85 Å². The molecular weight excluding hydrogens is 629 g/mol. The summed E-state index contributed by atoms with van der Waals surface area (Å²) in [6.07, 6.45) is -4.62. The Morgan fingerprint density at radius 1 is 0.580 bits per heavy atom. The van der Waals surface area contributed by atoms with Crippen molar-refractivity contribution in [3.63, 3.8) is 0 Å². The Bertz CT molecular complexity index is 2700. The Morgan fingerprint density at radius 3 is 1.42 bits per heavy atom. The van der Waals surface area contributed by atoms with Gasteiger partial charge >= 0.3 is 6.18 Å². The number of fused-ring (bicyclic) bond motifs is 6. The highest BCUT2D eigenvalue weighted by Crippen LogP contribution is 2.45. The van der Waals surface area contributed by atoms with E-state index in [2.05, 4.69) is 72.0 Å². The summed E-state index contributed by atoms with van der Waals surface area (Å²) < 4.78 is 45.9. The van der Waals surface area contributed by atoms with Gasteiger partial charge in [0.2, 0.25) is 5.69 Å². The highest BCUT2D eigenvalue weighted by atomic mass is 19.4. The zero-order chi connectivity index (χ0) is 35.1. The monoisotopic (exact) mass is 658 g/mol. The van der Waals surface area contributed by atoms with Crippen molar-refractivity contribution in [3.05, 3.63) is 148 Å². The molecule has 0 radical (unpaired) electrons. The van der Waals surface area contributed by atoms with Gasteiger partial charge in [-0.2, -0.15) is 18.4 Å². The minimum Gasteiger partial charge on any atom is -0.319 e. The smallest absolute Gasteiger partial charge is 0.319 e. The Kier molecular flexibility index (Phi) is 6.89. The molecule has 0 amide bonds. The number of aromatic nitrogens is 2. The van der Waals surface area contributed by atoms with E-state index in [-0.39, 0.29) is 5.56 Å². The van der Waals surface area contributed by atoms with Crippen molar-refractivity contribution < 1.29 is 13.2 Å². The normalized spacial score (nSPS) is 11.9. The lowest BCUT2D eigenvalue weighted by Gasteiger charge is -2.20. The molecule has 2 heterocycles. The number of hydrogen-bond donors (Lipinski definition) is 0. The summed E-state index contributed by atoms with van der Waals surface area (Å²) in [4.78, 5) is 4.08. The van der Waals surface area contributed by atoms with Gasteiger partial charge in [-0.05, 0) is 98.5 Å². The summed E-state index contributed by atoms with van der Waals surface area (Å²) in [6, 6.07) is 33.3. The number of hydrogen-bond acceptors (Lipinski definition) is 1. The first kappa shape index (κ1) is 31.0. The highest BCUT2D eigenvalue weighted by molar-refractivity contribution is 6.14. The van der Waals surface area contributed by atoms with Crippen molar-refractivity contribution in [2.45, 2.75) is 33.9 Å². The molecule has 2 aromatic heterocycles. The quantitative estimate of drug-likeness (QED) is 0.174. The van der Waals surface area contributed by atoms with Crippen molar-refractivity contribution >= 4 is 49.3 Å². The first-order valence-corrected chi connectivity index (χ1v) is 16.2. The maximum Gasteiger partial charge on any atom is 0.416 e. The summed E-state index contributed by atoms with van der Waals surface area (Å²) in [7, 11) is 0. The van der Waals surface area contributed by atoms with Crippen LogP contribution in [0.4, 0.5) is 18.9 Å². The first-order valence-electron chi connectivity index (χ1n) is 16.2. The molecule has 0 atom stereocenters. The van der Waals surface area contributed by atoms with Gasteiger partial charge in [-0.15, -0.1) is 0 Å². The second-order valence-electron chi connectivity index (χ2n) is 12.9. The van der Waals surface area contributed by atoms with Crippen LogP contribution in [0.2, 0.25) is 0 Å². The van der Waals surface area contributed by atoms with Crippen LogP contribution >= 0.6 is 0 Å². The molecule has 0 bridgehead atoms. The third-order valence-electron chi connectivity index (χ3n) is 9.92. The van der Waals surface area contributed by atoms with E-state index in [0.29, 0.717) is 28.2 Å². The van der Waals surface area contributed by atoms with Gasteiger partial charge < -0.3 is 9.13 Å². The maximum absolute atomic E-state index is 13.9. The van der Waals surface area contributed by atoms with Crippen LogP contribution in [-0.4, -0.2) is 9.13 Å². The van der Waals surface area contributed by atoms with E-state index in [1.54, 1.807) is 0 Å². The molecule has 0 aliphatic carbocycles. The molecule has 0 unspecified atom stereocenters. The molecule has 4 nitrogen and oxygen atoms in total. The first-order chi connectivity index (χ1) is 24.0. The predicted octanol–water partition coefficient (Wildman–Crippen LogP) is 12.2. The van der Waals surface area contributed by atoms with Crippen LogP contribution in [0.25, 0.3) is 71.0 Å². The standard InChI is InChI=1S/C43H29F3N4/c1-24-10-6-14-33-39(24)40-25(2)11-7-15-34(40)49(33)37-22-32(48-5)38(21-31(37)30-19-18-29(43(44,45)46)20-28(30)23-47)50-35-16-8-12-26(3)41(35)42-27(4)13-9-17-36(42)50/h6-22H,1-4H3. The van der Waals surface area contributed by atoms with Crippen molar-refractivity contribution in [2.24, 2.45) is 0 Å². The lowest BCUT2D eigenvalue weighted by atomic mass is 9.95. The van der Waals surface area contributed by atoms with Crippen LogP contribution in [0, 0.1) is 45.6 Å². The topological polar surface area (TPSA) is 38.0 Å². The maximum atomic E-state index is 13.9. The number of nitrogens with zero attached hydrogens (tertiary/aromatic N) is 4. The molecule has 6 aromatic carbocycles. The molecule has 242 valence electrons. The number of nitriles is 1. The number of aryl methyl sites for hydroxylation is 4. The van der Waals surface area contributed by atoms with Crippen LogP contribution in [0.5, 0.6) is 0 Å². The minimum atomic E-state index is -4.62. The Labute approximate surface area is 286 Å². The van der Waals surface area contributed by atoms with E-state index in [0.717, 1.165) is 78.0 Å². The van der Waals surface area contributed by atoms with Gasteiger partial charge in [0.15, 0.2) is 0 Å². The van der Waals surface area contributed by atoms with Gasteiger partial charge in [0, 0.05) is 38.4 Å². The molecule has 0 spiro atoms. The Hall–Kier alpha value is -6.31. The number of rotatable bonds is 3. The summed E-state index contributed by atoms with van der Waals surface area (Å²) in [5, 5.41) is 14.6. The van der Waals surface area contributed by atoms with Gasteiger partial charge in [0.1, 0.15) is 0 Å². The van der Waals surface area contributed by atoms with Crippen molar-refractivity contribution in [3.8, 4) is 28.6 Å². The average molecular weight is 659 g/mol. The van der Waals surface area contributed by atoms with Crippen LogP contribution in [0.15, 0.2) is 103 Å². The zero-order valence-electron chi connectivity index (χ0n) is 27.7. The fourth-order valence-electron chi connectivity index (χ4n) is 7.72. The van der Waals surface area contributed by atoms with Crippen LogP contribution < -0.4 is 0 Å². The lowest BCUT2D eigenvalue weighted by Crippen LogP contribution is -2.06. The fourth-order valence-corrected chi connectivity index (χ4v) is 7.72.